The molecule has 2 atom stereocenters. The third-order valence-corrected chi connectivity index (χ3v) is 7.78. The SMILES string of the molecule is COc1ccc2nccc(NC(=O)[C@@]3(N)CCCCC3Cc3ccc4c(n3)NC(=O)CS4)c2c1.Cl.Cl. The maximum atomic E-state index is 13.6. The van der Waals surface area contributed by atoms with Crippen molar-refractivity contribution in [3.8, 4) is 5.75 Å². The number of carbonyl (C=O) groups excluding carboxylic acids is 2. The highest BCUT2D eigenvalue weighted by molar-refractivity contribution is 8.00. The Morgan fingerprint density at radius 3 is 2.89 bits per heavy atom. The van der Waals surface area contributed by atoms with Crippen molar-refractivity contribution in [2.24, 2.45) is 11.7 Å². The second-order valence-corrected chi connectivity index (χ2v) is 9.89. The molecule has 1 saturated carbocycles. The number of hydrogen-bond donors (Lipinski definition) is 3. The Bertz CT molecular complexity index is 1280. The van der Waals surface area contributed by atoms with Crippen molar-refractivity contribution < 1.29 is 14.3 Å². The molecule has 192 valence electrons. The Balaban J connectivity index is 0.00000180. The average Bonchev–Trinajstić information content (AvgIpc) is 2.85. The van der Waals surface area contributed by atoms with Crippen LogP contribution >= 0.6 is 36.6 Å². The van der Waals surface area contributed by atoms with E-state index in [1.165, 1.54) is 11.8 Å². The minimum absolute atomic E-state index is 0. The summed E-state index contributed by atoms with van der Waals surface area (Å²) in [6, 6.07) is 11.3. The van der Waals surface area contributed by atoms with Gasteiger partial charge in [0.1, 0.15) is 11.6 Å². The molecule has 2 amide bonds. The Morgan fingerprint density at radius 1 is 1.25 bits per heavy atom. The second kappa shape index (κ2) is 11.6. The number of ether oxygens (including phenoxy) is 1. The zero-order valence-corrected chi connectivity index (χ0v) is 22.2. The third kappa shape index (κ3) is 5.54. The largest absolute Gasteiger partial charge is 0.497 e. The van der Waals surface area contributed by atoms with Crippen molar-refractivity contribution in [1.29, 1.82) is 0 Å². The highest BCUT2D eigenvalue weighted by Crippen LogP contribution is 2.37. The van der Waals surface area contributed by atoms with E-state index in [-0.39, 0.29) is 42.5 Å². The molecule has 1 fully saturated rings. The number of hydrogen-bond acceptors (Lipinski definition) is 7. The molecule has 0 saturated heterocycles. The molecule has 3 aromatic rings. The first-order chi connectivity index (χ1) is 16.5. The summed E-state index contributed by atoms with van der Waals surface area (Å²) in [7, 11) is 1.61. The summed E-state index contributed by atoms with van der Waals surface area (Å²) in [4.78, 5) is 35.4. The highest BCUT2D eigenvalue weighted by atomic mass is 35.5. The van der Waals surface area contributed by atoms with E-state index in [4.69, 9.17) is 10.5 Å². The molecule has 0 spiro atoms. The van der Waals surface area contributed by atoms with E-state index in [0.29, 0.717) is 35.8 Å². The number of nitrogens with two attached hydrogens (primary N) is 1. The van der Waals surface area contributed by atoms with Crippen molar-refractivity contribution in [2.75, 3.05) is 23.5 Å². The van der Waals surface area contributed by atoms with Crippen molar-refractivity contribution in [3.63, 3.8) is 0 Å². The summed E-state index contributed by atoms with van der Waals surface area (Å²) in [5.74, 6) is 1.37. The fraction of sp³-hybridized carbons (Fsp3) is 0.360. The van der Waals surface area contributed by atoms with E-state index in [0.717, 1.165) is 40.8 Å². The number of carbonyl (C=O) groups is 2. The van der Waals surface area contributed by atoms with Crippen LogP contribution in [0, 0.1) is 5.92 Å². The zero-order chi connectivity index (χ0) is 23.7. The molecule has 0 radical (unpaired) electrons. The predicted octanol–water partition coefficient (Wildman–Crippen LogP) is 4.60. The number of rotatable bonds is 5. The summed E-state index contributed by atoms with van der Waals surface area (Å²) in [6.45, 7) is 0. The number of fused-ring (bicyclic) bond motifs is 2. The lowest BCUT2D eigenvalue weighted by Gasteiger charge is -2.40. The topological polar surface area (TPSA) is 119 Å². The van der Waals surface area contributed by atoms with Gasteiger partial charge in [0, 0.05) is 17.3 Å². The quantitative estimate of drug-likeness (QED) is 0.425. The lowest BCUT2D eigenvalue weighted by Crippen LogP contribution is -2.58. The lowest BCUT2D eigenvalue weighted by atomic mass is 9.70. The Kier molecular flexibility index (Phi) is 9.05. The van der Waals surface area contributed by atoms with E-state index in [9.17, 15) is 9.59 Å². The first-order valence-electron chi connectivity index (χ1n) is 11.4. The standard InChI is InChI=1S/C25H27N5O3S.2ClH/c1-33-17-6-7-19-18(13-17)20(9-11-27-19)29-24(32)25(26)10-3-2-4-15(25)12-16-5-8-21-23(28-16)30-22(31)14-34-21;;/h5-9,11,13,15H,2-4,10,12,14,26H2,1H3,(H,27,29,32)(H,28,30,31);2*1H/t15?,25-;;/m1../s1. The fourth-order valence-electron chi connectivity index (χ4n) is 4.82. The second-order valence-electron chi connectivity index (χ2n) is 8.87. The molecule has 1 aliphatic heterocycles. The van der Waals surface area contributed by atoms with Gasteiger partial charge in [-0.1, -0.05) is 12.8 Å². The molecule has 2 aliphatic rings. The average molecular weight is 551 g/mol. The van der Waals surface area contributed by atoms with Crippen LogP contribution in [-0.4, -0.2) is 40.2 Å². The molecule has 36 heavy (non-hydrogen) atoms. The minimum Gasteiger partial charge on any atom is -0.497 e. The maximum Gasteiger partial charge on any atom is 0.244 e. The van der Waals surface area contributed by atoms with Crippen LogP contribution in [0.15, 0.2) is 47.5 Å². The predicted molar refractivity (Wildman–Crippen MR) is 148 cm³/mol. The number of thioether (sulfide) groups is 1. The van der Waals surface area contributed by atoms with Gasteiger partial charge in [-0.05, 0) is 61.6 Å². The molecule has 1 aliphatic carbocycles. The molecule has 4 N–H and O–H groups in total. The summed E-state index contributed by atoms with van der Waals surface area (Å²) < 4.78 is 5.35. The van der Waals surface area contributed by atoms with Crippen LogP contribution in [0.4, 0.5) is 11.5 Å². The van der Waals surface area contributed by atoms with Crippen LogP contribution in [-0.2, 0) is 16.0 Å². The summed E-state index contributed by atoms with van der Waals surface area (Å²) in [5, 5.41) is 6.72. The van der Waals surface area contributed by atoms with Gasteiger partial charge in [0.2, 0.25) is 11.8 Å². The maximum absolute atomic E-state index is 13.6. The smallest absolute Gasteiger partial charge is 0.244 e. The first-order valence-corrected chi connectivity index (χ1v) is 12.4. The summed E-state index contributed by atoms with van der Waals surface area (Å²) >= 11 is 1.48. The Hall–Kier alpha value is -2.59. The summed E-state index contributed by atoms with van der Waals surface area (Å²) in [5.41, 5.74) is 8.08. The van der Waals surface area contributed by atoms with Crippen molar-refractivity contribution in [3.05, 3.63) is 48.3 Å². The highest BCUT2D eigenvalue weighted by Gasteiger charge is 2.44. The van der Waals surface area contributed by atoms with Crippen LogP contribution in [0.25, 0.3) is 10.9 Å². The molecule has 5 rings (SSSR count). The van der Waals surface area contributed by atoms with Gasteiger partial charge in [-0.25, -0.2) is 4.98 Å². The number of aromatic nitrogens is 2. The Labute approximate surface area is 226 Å². The van der Waals surface area contributed by atoms with Crippen LogP contribution in [0.1, 0.15) is 31.4 Å². The van der Waals surface area contributed by atoms with Gasteiger partial charge in [-0.15, -0.1) is 36.6 Å². The number of nitrogens with zero attached hydrogens (tertiary/aromatic N) is 2. The lowest BCUT2D eigenvalue weighted by molar-refractivity contribution is -0.124. The molecule has 0 bridgehead atoms. The zero-order valence-electron chi connectivity index (χ0n) is 19.8. The number of methoxy groups -OCH3 is 1. The molecule has 1 aromatic carbocycles. The van der Waals surface area contributed by atoms with Gasteiger partial charge < -0.3 is 21.1 Å². The number of anilines is 2. The monoisotopic (exact) mass is 549 g/mol. The van der Waals surface area contributed by atoms with Crippen molar-refractivity contribution in [2.45, 2.75) is 42.5 Å². The molecular formula is C25H29Cl2N5O3S. The minimum atomic E-state index is -1.03. The number of nitrogens with one attached hydrogen (secondary N) is 2. The van der Waals surface area contributed by atoms with Gasteiger partial charge in [0.25, 0.3) is 0 Å². The van der Waals surface area contributed by atoms with E-state index in [1.54, 1.807) is 19.4 Å². The van der Waals surface area contributed by atoms with Gasteiger partial charge in [-0.2, -0.15) is 0 Å². The molecule has 2 aromatic heterocycles. The molecule has 1 unspecified atom stereocenters. The normalized spacial score (nSPS) is 20.8. The van der Waals surface area contributed by atoms with Crippen molar-refractivity contribution >= 4 is 70.8 Å². The van der Waals surface area contributed by atoms with Gasteiger partial charge in [-0.3, -0.25) is 14.6 Å². The van der Waals surface area contributed by atoms with E-state index < -0.39 is 5.54 Å². The van der Waals surface area contributed by atoms with Crippen molar-refractivity contribution in [1.82, 2.24) is 9.97 Å². The number of amides is 2. The molecule has 8 nitrogen and oxygen atoms in total. The fourth-order valence-corrected chi connectivity index (χ4v) is 5.58. The van der Waals surface area contributed by atoms with E-state index in [1.807, 2.05) is 30.3 Å². The van der Waals surface area contributed by atoms with Crippen LogP contribution in [0.3, 0.4) is 0 Å². The van der Waals surface area contributed by atoms with E-state index in [2.05, 4.69) is 20.6 Å². The first kappa shape index (κ1) is 28.0. The Morgan fingerprint density at radius 2 is 2.08 bits per heavy atom. The van der Waals surface area contributed by atoms with E-state index >= 15 is 0 Å². The molecule has 11 heteroatoms. The summed E-state index contributed by atoms with van der Waals surface area (Å²) in [6.07, 6.45) is 5.61. The van der Waals surface area contributed by atoms with Crippen LogP contribution in [0.2, 0.25) is 0 Å². The van der Waals surface area contributed by atoms with Gasteiger partial charge in [0.15, 0.2) is 0 Å². The van der Waals surface area contributed by atoms with Gasteiger partial charge >= 0.3 is 0 Å². The third-order valence-electron chi connectivity index (χ3n) is 6.73. The molecule has 3 heterocycles. The van der Waals surface area contributed by atoms with Crippen LogP contribution < -0.4 is 21.1 Å². The van der Waals surface area contributed by atoms with Crippen LogP contribution in [0.5, 0.6) is 5.75 Å². The number of pyridine rings is 2. The number of benzene rings is 1. The number of halogens is 2. The molecular weight excluding hydrogens is 521 g/mol. The van der Waals surface area contributed by atoms with Gasteiger partial charge in [0.05, 0.1) is 34.5 Å².